The Morgan fingerprint density at radius 1 is 1.56 bits per heavy atom. The third-order valence-electron chi connectivity index (χ3n) is 1.79. The van der Waals surface area contributed by atoms with Gasteiger partial charge in [0, 0.05) is 32.6 Å². The molecule has 6 nitrogen and oxygen atoms in total. The molecule has 0 bridgehead atoms. The molecular weight excluding hydrogens is 210 g/mol. The van der Waals surface area contributed by atoms with Crippen molar-refractivity contribution in [3.05, 3.63) is 46.4 Å². The number of hydrogen-bond acceptors (Lipinski definition) is 5. The van der Waals surface area contributed by atoms with Crippen LogP contribution in [0, 0.1) is 10.1 Å². The Kier molecular flexibility index (Phi) is 3.71. The highest BCUT2D eigenvalue weighted by molar-refractivity contribution is 6.07. The largest absolute Gasteiger partial charge is 0.383 e. The van der Waals surface area contributed by atoms with E-state index >= 15 is 0 Å². The standard InChI is InChI=1S/C10H11N3O3/c1-12(2)6-4-10(14)8-3-5-11-7-9(8)13(15)16/h3-7H,1-2H3/b6-4+. The van der Waals surface area contributed by atoms with Gasteiger partial charge in [0.15, 0.2) is 5.78 Å². The van der Waals surface area contributed by atoms with Gasteiger partial charge in [-0.1, -0.05) is 0 Å². The molecule has 0 unspecified atom stereocenters. The summed E-state index contributed by atoms with van der Waals surface area (Å²) >= 11 is 0. The van der Waals surface area contributed by atoms with Crippen molar-refractivity contribution in [1.82, 2.24) is 9.88 Å². The zero-order valence-corrected chi connectivity index (χ0v) is 8.95. The molecule has 1 aromatic rings. The van der Waals surface area contributed by atoms with Gasteiger partial charge in [0.25, 0.3) is 5.69 Å². The molecule has 0 atom stereocenters. The first kappa shape index (κ1) is 11.8. The monoisotopic (exact) mass is 221 g/mol. The highest BCUT2D eigenvalue weighted by atomic mass is 16.6. The minimum atomic E-state index is -0.621. The molecule has 0 saturated heterocycles. The fourth-order valence-electron chi connectivity index (χ4n) is 1.05. The summed E-state index contributed by atoms with van der Waals surface area (Å²) in [5.74, 6) is -0.414. The summed E-state index contributed by atoms with van der Waals surface area (Å²) in [6, 6.07) is 1.33. The van der Waals surface area contributed by atoms with Crippen LogP contribution < -0.4 is 0 Å². The van der Waals surface area contributed by atoms with Gasteiger partial charge in [-0.2, -0.15) is 0 Å². The lowest BCUT2D eigenvalue weighted by molar-refractivity contribution is -0.385. The van der Waals surface area contributed by atoms with E-state index in [-0.39, 0.29) is 11.3 Å². The quantitative estimate of drug-likeness (QED) is 0.331. The van der Waals surface area contributed by atoms with Crippen LogP contribution in [0.4, 0.5) is 5.69 Å². The molecule has 6 heteroatoms. The topological polar surface area (TPSA) is 76.3 Å². The average molecular weight is 221 g/mol. The van der Waals surface area contributed by atoms with E-state index in [9.17, 15) is 14.9 Å². The molecular formula is C10H11N3O3. The Bertz CT molecular complexity index is 441. The van der Waals surface area contributed by atoms with Crippen molar-refractivity contribution in [1.29, 1.82) is 0 Å². The summed E-state index contributed by atoms with van der Waals surface area (Å²) in [6.07, 6.45) is 5.23. The second-order valence-electron chi connectivity index (χ2n) is 3.29. The highest BCUT2D eigenvalue weighted by Gasteiger charge is 2.17. The van der Waals surface area contributed by atoms with E-state index in [1.807, 2.05) is 0 Å². The van der Waals surface area contributed by atoms with Gasteiger partial charge in [0.05, 0.1) is 4.92 Å². The molecule has 16 heavy (non-hydrogen) atoms. The number of pyridine rings is 1. The molecule has 0 aliphatic carbocycles. The molecule has 0 aromatic carbocycles. The van der Waals surface area contributed by atoms with Gasteiger partial charge in [-0.25, -0.2) is 0 Å². The Balaban J connectivity index is 3.04. The normalized spacial score (nSPS) is 10.4. The molecule has 1 aromatic heterocycles. The molecule has 0 spiro atoms. The van der Waals surface area contributed by atoms with Gasteiger partial charge in [-0.15, -0.1) is 0 Å². The summed E-state index contributed by atoms with van der Waals surface area (Å²) in [5.41, 5.74) is -0.242. The van der Waals surface area contributed by atoms with Gasteiger partial charge in [-0.3, -0.25) is 19.9 Å². The zero-order valence-electron chi connectivity index (χ0n) is 8.95. The highest BCUT2D eigenvalue weighted by Crippen LogP contribution is 2.16. The molecule has 0 aliphatic rings. The summed E-state index contributed by atoms with van der Waals surface area (Å²) in [7, 11) is 3.51. The SMILES string of the molecule is CN(C)/C=C/C(=O)c1ccncc1[N+](=O)[O-]. The number of aromatic nitrogens is 1. The Morgan fingerprint density at radius 3 is 2.81 bits per heavy atom. The maximum absolute atomic E-state index is 11.6. The van der Waals surface area contributed by atoms with Crippen LogP contribution in [-0.4, -0.2) is 34.7 Å². The third kappa shape index (κ3) is 2.88. The van der Waals surface area contributed by atoms with Crippen molar-refractivity contribution >= 4 is 11.5 Å². The van der Waals surface area contributed by atoms with E-state index in [1.165, 1.54) is 24.5 Å². The lowest BCUT2D eigenvalue weighted by atomic mass is 10.1. The number of rotatable bonds is 4. The molecule has 0 N–H and O–H groups in total. The summed E-state index contributed by atoms with van der Waals surface area (Å²) < 4.78 is 0. The Labute approximate surface area is 92.4 Å². The maximum atomic E-state index is 11.6. The first-order valence-corrected chi connectivity index (χ1v) is 4.49. The van der Waals surface area contributed by atoms with Crippen LogP contribution in [0.15, 0.2) is 30.7 Å². The zero-order chi connectivity index (χ0) is 12.1. The minimum absolute atomic E-state index is 0.0399. The number of carbonyl (C=O) groups excluding carboxylic acids is 1. The molecule has 1 rings (SSSR count). The van der Waals surface area contributed by atoms with E-state index < -0.39 is 10.7 Å². The summed E-state index contributed by atoms with van der Waals surface area (Å²) in [5, 5.41) is 10.6. The van der Waals surface area contributed by atoms with Crippen molar-refractivity contribution in [2.75, 3.05) is 14.1 Å². The predicted molar refractivity (Wildman–Crippen MR) is 58.0 cm³/mol. The minimum Gasteiger partial charge on any atom is -0.383 e. The van der Waals surface area contributed by atoms with Crippen LogP contribution in [0.1, 0.15) is 10.4 Å². The molecule has 0 amide bonds. The van der Waals surface area contributed by atoms with E-state index in [0.717, 1.165) is 6.20 Å². The van der Waals surface area contributed by atoms with Gasteiger partial charge in [0.1, 0.15) is 11.8 Å². The van der Waals surface area contributed by atoms with Crippen molar-refractivity contribution in [3.8, 4) is 0 Å². The fraction of sp³-hybridized carbons (Fsp3) is 0.200. The molecule has 0 saturated carbocycles. The molecule has 0 aliphatic heterocycles. The fourth-order valence-corrected chi connectivity index (χ4v) is 1.05. The van der Waals surface area contributed by atoms with Crippen molar-refractivity contribution in [2.24, 2.45) is 0 Å². The Morgan fingerprint density at radius 2 is 2.25 bits per heavy atom. The molecule has 0 fully saturated rings. The Hall–Kier alpha value is -2.24. The number of allylic oxidation sites excluding steroid dienone is 1. The smallest absolute Gasteiger partial charge is 0.298 e. The van der Waals surface area contributed by atoms with Crippen LogP contribution in [-0.2, 0) is 0 Å². The van der Waals surface area contributed by atoms with Crippen molar-refractivity contribution in [2.45, 2.75) is 0 Å². The average Bonchev–Trinajstić information content (AvgIpc) is 2.25. The predicted octanol–water partition coefficient (Wildman–Crippen LogP) is 1.25. The second-order valence-corrected chi connectivity index (χ2v) is 3.29. The van der Waals surface area contributed by atoms with Crippen LogP contribution in [0.5, 0.6) is 0 Å². The lowest BCUT2D eigenvalue weighted by Crippen LogP contribution is -2.05. The first-order valence-electron chi connectivity index (χ1n) is 4.49. The second kappa shape index (κ2) is 5.01. The van der Waals surface area contributed by atoms with E-state index in [2.05, 4.69) is 4.98 Å². The van der Waals surface area contributed by atoms with Crippen LogP contribution in [0.25, 0.3) is 0 Å². The van der Waals surface area contributed by atoms with Gasteiger partial charge in [0.2, 0.25) is 0 Å². The van der Waals surface area contributed by atoms with Crippen LogP contribution in [0.3, 0.4) is 0 Å². The number of carbonyl (C=O) groups is 1. The number of hydrogen-bond donors (Lipinski definition) is 0. The van der Waals surface area contributed by atoms with Crippen molar-refractivity contribution < 1.29 is 9.72 Å². The molecule has 0 radical (unpaired) electrons. The molecule has 84 valence electrons. The van der Waals surface area contributed by atoms with Gasteiger partial charge >= 0.3 is 0 Å². The van der Waals surface area contributed by atoms with E-state index in [1.54, 1.807) is 19.0 Å². The van der Waals surface area contributed by atoms with Gasteiger partial charge in [-0.05, 0) is 6.07 Å². The lowest BCUT2D eigenvalue weighted by Gasteiger charge is -2.02. The molecule has 1 heterocycles. The van der Waals surface area contributed by atoms with E-state index in [4.69, 9.17) is 0 Å². The van der Waals surface area contributed by atoms with Crippen molar-refractivity contribution in [3.63, 3.8) is 0 Å². The first-order chi connectivity index (χ1) is 7.52. The van der Waals surface area contributed by atoms with E-state index in [0.29, 0.717) is 0 Å². The number of nitrogens with zero attached hydrogens (tertiary/aromatic N) is 3. The number of nitro groups is 1. The number of ketones is 1. The van der Waals surface area contributed by atoms with Crippen LogP contribution >= 0.6 is 0 Å². The maximum Gasteiger partial charge on any atom is 0.298 e. The van der Waals surface area contributed by atoms with Crippen LogP contribution in [0.2, 0.25) is 0 Å². The van der Waals surface area contributed by atoms with Gasteiger partial charge < -0.3 is 4.90 Å². The summed E-state index contributed by atoms with van der Waals surface area (Å²) in [6.45, 7) is 0. The summed E-state index contributed by atoms with van der Waals surface area (Å²) in [4.78, 5) is 26.9. The third-order valence-corrected chi connectivity index (χ3v) is 1.79.